The molecule has 2 aromatic rings. The van der Waals surface area contributed by atoms with Gasteiger partial charge in [-0.1, -0.05) is 19.9 Å². The lowest BCUT2D eigenvalue weighted by atomic mass is 10.1. The number of halogens is 3. The third kappa shape index (κ3) is 4.75. The van der Waals surface area contributed by atoms with Gasteiger partial charge in [-0.15, -0.1) is 0 Å². The van der Waals surface area contributed by atoms with Crippen molar-refractivity contribution in [2.24, 2.45) is 5.92 Å². The Hall–Kier alpha value is -1.99. The minimum atomic E-state index is -4.45. The van der Waals surface area contributed by atoms with E-state index in [-0.39, 0.29) is 18.6 Å². The molecule has 2 aromatic heterocycles. The van der Waals surface area contributed by atoms with Crippen molar-refractivity contribution in [1.29, 1.82) is 0 Å². The molecule has 7 heteroatoms. The molecule has 0 spiro atoms. The van der Waals surface area contributed by atoms with Crippen LogP contribution in [0.15, 0.2) is 36.5 Å². The van der Waals surface area contributed by atoms with Crippen LogP contribution in [-0.2, 0) is 12.7 Å². The number of aromatic nitrogens is 2. The second kappa shape index (κ2) is 7.72. The Bertz CT molecular complexity index is 657. The molecule has 0 aliphatic rings. The van der Waals surface area contributed by atoms with E-state index in [2.05, 4.69) is 15.3 Å². The highest BCUT2D eigenvalue weighted by Gasteiger charge is 2.32. The topological polar surface area (TPSA) is 58.0 Å². The SMILES string of the molecule is CC(C)[C@H](CO)NCc1cccc(-c2ccc(C(F)(F)F)nc2)n1. The fourth-order valence-corrected chi connectivity index (χ4v) is 2.20. The molecule has 4 nitrogen and oxygen atoms in total. The third-order valence-electron chi connectivity index (χ3n) is 3.70. The van der Waals surface area contributed by atoms with Crippen molar-refractivity contribution >= 4 is 0 Å². The van der Waals surface area contributed by atoms with E-state index in [9.17, 15) is 18.3 Å². The van der Waals surface area contributed by atoms with Gasteiger partial charge in [0.25, 0.3) is 0 Å². The van der Waals surface area contributed by atoms with Crippen molar-refractivity contribution in [3.8, 4) is 11.3 Å². The van der Waals surface area contributed by atoms with E-state index in [1.807, 2.05) is 19.9 Å². The average Bonchev–Trinajstić information content (AvgIpc) is 2.55. The first-order valence-electron chi connectivity index (χ1n) is 7.65. The van der Waals surface area contributed by atoms with Crippen molar-refractivity contribution < 1.29 is 18.3 Å². The Kier molecular flexibility index (Phi) is 5.90. The van der Waals surface area contributed by atoms with Gasteiger partial charge in [0.05, 0.1) is 18.0 Å². The normalized spacial score (nSPS) is 13.3. The van der Waals surface area contributed by atoms with E-state index in [1.165, 1.54) is 12.3 Å². The summed E-state index contributed by atoms with van der Waals surface area (Å²) in [6, 6.07) is 7.61. The van der Waals surface area contributed by atoms with E-state index < -0.39 is 11.9 Å². The smallest absolute Gasteiger partial charge is 0.395 e. The summed E-state index contributed by atoms with van der Waals surface area (Å²) in [5.74, 6) is 0.275. The molecule has 0 aromatic carbocycles. The first-order chi connectivity index (χ1) is 11.3. The highest BCUT2D eigenvalue weighted by atomic mass is 19.4. The molecule has 0 radical (unpaired) electrons. The van der Waals surface area contributed by atoms with Gasteiger partial charge < -0.3 is 10.4 Å². The number of nitrogens with zero attached hydrogens (tertiary/aromatic N) is 2. The first kappa shape index (κ1) is 18.4. The van der Waals surface area contributed by atoms with E-state index in [0.29, 0.717) is 17.8 Å². The average molecular weight is 339 g/mol. The largest absolute Gasteiger partial charge is 0.433 e. The van der Waals surface area contributed by atoms with Crippen molar-refractivity contribution in [2.75, 3.05) is 6.61 Å². The lowest BCUT2D eigenvalue weighted by Gasteiger charge is -2.19. The van der Waals surface area contributed by atoms with Crippen molar-refractivity contribution in [1.82, 2.24) is 15.3 Å². The van der Waals surface area contributed by atoms with E-state index in [4.69, 9.17) is 0 Å². The number of alkyl halides is 3. The van der Waals surface area contributed by atoms with Gasteiger partial charge in [-0.2, -0.15) is 13.2 Å². The van der Waals surface area contributed by atoms with Gasteiger partial charge in [0.2, 0.25) is 0 Å². The number of rotatable bonds is 6. The zero-order valence-electron chi connectivity index (χ0n) is 13.5. The molecule has 0 saturated heterocycles. The van der Waals surface area contributed by atoms with Crippen molar-refractivity contribution in [2.45, 2.75) is 32.6 Å². The fraction of sp³-hybridized carbons (Fsp3) is 0.412. The van der Waals surface area contributed by atoms with Crippen molar-refractivity contribution in [3.63, 3.8) is 0 Å². The molecule has 0 aliphatic heterocycles. The second-order valence-electron chi connectivity index (χ2n) is 5.86. The molecule has 0 aliphatic carbocycles. The maximum absolute atomic E-state index is 12.6. The maximum Gasteiger partial charge on any atom is 0.433 e. The molecule has 0 bridgehead atoms. The second-order valence-corrected chi connectivity index (χ2v) is 5.86. The number of hydrogen-bond donors (Lipinski definition) is 2. The van der Waals surface area contributed by atoms with Gasteiger partial charge in [0.15, 0.2) is 0 Å². The van der Waals surface area contributed by atoms with Crippen molar-refractivity contribution in [3.05, 3.63) is 47.9 Å². The zero-order valence-corrected chi connectivity index (χ0v) is 13.5. The third-order valence-corrected chi connectivity index (χ3v) is 3.70. The summed E-state index contributed by atoms with van der Waals surface area (Å²) in [7, 11) is 0. The summed E-state index contributed by atoms with van der Waals surface area (Å²) in [4.78, 5) is 7.89. The molecule has 2 heterocycles. The van der Waals surface area contributed by atoms with Crippen LogP contribution in [0.3, 0.4) is 0 Å². The summed E-state index contributed by atoms with van der Waals surface area (Å²) >= 11 is 0. The highest BCUT2D eigenvalue weighted by molar-refractivity contribution is 5.58. The summed E-state index contributed by atoms with van der Waals surface area (Å²) in [6.45, 7) is 4.50. The Morgan fingerprint density at radius 3 is 2.46 bits per heavy atom. The van der Waals surface area contributed by atoms with Gasteiger partial charge in [-0.25, -0.2) is 0 Å². The molecular weight excluding hydrogens is 319 g/mol. The zero-order chi connectivity index (χ0) is 17.7. The lowest BCUT2D eigenvalue weighted by molar-refractivity contribution is -0.141. The van der Waals surface area contributed by atoms with E-state index in [0.717, 1.165) is 11.8 Å². The van der Waals surface area contributed by atoms with Gasteiger partial charge >= 0.3 is 6.18 Å². The summed E-state index contributed by atoms with van der Waals surface area (Å²) < 4.78 is 37.7. The van der Waals surface area contributed by atoms with Crippen LogP contribution < -0.4 is 5.32 Å². The predicted molar refractivity (Wildman–Crippen MR) is 85.0 cm³/mol. The monoisotopic (exact) mass is 339 g/mol. The summed E-state index contributed by atoms with van der Waals surface area (Å²) in [5, 5.41) is 12.5. The standard InChI is InChI=1S/C17H20F3N3O/c1-11(2)15(10-24)21-9-13-4-3-5-14(23-13)12-6-7-16(22-8-12)17(18,19)20/h3-8,11,15,21,24H,9-10H2,1-2H3/t15-/m0/s1. The van der Waals surface area contributed by atoms with Crippen LogP contribution in [0.25, 0.3) is 11.3 Å². The molecular formula is C17H20F3N3O. The van der Waals surface area contributed by atoms with Crippen LogP contribution >= 0.6 is 0 Å². The number of hydrogen-bond acceptors (Lipinski definition) is 4. The molecule has 0 fully saturated rings. The number of pyridine rings is 2. The molecule has 0 amide bonds. The summed E-state index contributed by atoms with van der Waals surface area (Å²) in [5.41, 5.74) is 0.895. The van der Waals surface area contributed by atoms with Gasteiger partial charge in [-0.05, 0) is 30.2 Å². The lowest BCUT2D eigenvalue weighted by Crippen LogP contribution is -2.36. The fourth-order valence-electron chi connectivity index (χ4n) is 2.20. The molecule has 24 heavy (non-hydrogen) atoms. The molecule has 130 valence electrons. The van der Waals surface area contributed by atoms with Gasteiger partial charge in [0, 0.05) is 24.3 Å². The number of nitrogens with one attached hydrogen (secondary N) is 1. The number of aliphatic hydroxyl groups is 1. The first-order valence-corrected chi connectivity index (χ1v) is 7.65. The van der Waals surface area contributed by atoms with Crippen LogP contribution in [0.5, 0.6) is 0 Å². The minimum absolute atomic E-state index is 0.0280. The Morgan fingerprint density at radius 1 is 1.17 bits per heavy atom. The van der Waals surface area contributed by atoms with Gasteiger partial charge in [0.1, 0.15) is 5.69 Å². The van der Waals surface area contributed by atoms with E-state index >= 15 is 0 Å². The Labute approximate surface area is 138 Å². The number of aliphatic hydroxyl groups excluding tert-OH is 1. The van der Waals surface area contributed by atoms with Crippen LogP contribution in [0.1, 0.15) is 25.2 Å². The highest BCUT2D eigenvalue weighted by Crippen LogP contribution is 2.28. The quantitative estimate of drug-likeness (QED) is 0.848. The molecule has 1 atom stereocenters. The Balaban J connectivity index is 2.12. The van der Waals surface area contributed by atoms with Crippen LogP contribution in [0.2, 0.25) is 0 Å². The molecule has 0 unspecified atom stereocenters. The molecule has 2 rings (SSSR count). The predicted octanol–water partition coefficient (Wildman–Crippen LogP) is 3.27. The Morgan fingerprint density at radius 2 is 1.92 bits per heavy atom. The molecule has 0 saturated carbocycles. The van der Waals surface area contributed by atoms with E-state index in [1.54, 1.807) is 12.1 Å². The maximum atomic E-state index is 12.6. The van der Waals surface area contributed by atoms with Crippen LogP contribution in [0.4, 0.5) is 13.2 Å². The summed E-state index contributed by atoms with van der Waals surface area (Å²) in [6.07, 6.45) is -3.28. The van der Waals surface area contributed by atoms with Gasteiger partial charge in [-0.3, -0.25) is 9.97 Å². The minimum Gasteiger partial charge on any atom is -0.395 e. The van der Waals surface area contributed by atoms with Crippen LogP contribution in [0, 0.1) is 5.92 Å². The van der Waals surface area contributed by atoms with Crippen LogP contribution in [-0.4, -0.2) is 27.7 Å². The molecule has 2 N–H and O–H groups in total.